The fourth-order valence-corrected chi connectivity index (χ4v) is 2.81. The highest BCUT2D eigenvalue weighted by Crippen LogP contribution is 2.32. The first-order valence-corrected chi connectivity index (χ1v) is 9.23. The largest absolute Gasteiger partial charge is 0.486 e. The maximum Gasteiger partial charge on any atom is 0.251 e. The van der Waals surface area contributed by atoms with Crippen LogP contribution in [0.4, 0.5) is 5.69 Å². The lowest BCUT2D eigenvalue weighted by molar-refractivity contribution is -0.127. The van der Waals surface area contributed by atoms with E-state index in [4.69, 9.17) is 9.47 Å². The number of carbonyl (C=O) groups is 3. The third kappa shape index (κ3) is 5.47. The predicted molar refractivity (Wildman–Crippen MR) is 107 cm³/mol. The standard InChI is InChI=1S/C21H23N3O5/c1-13-3-5-15(6-4-13)20(24-19(26)12-22-14(2)25)21(27)23-16-7-8-17-18(11-16)29-10-9-28-17/h3-8,11,20H,9-10,12H2,1-2H3,(H,22,25)(H,23,27)(H,24,26)/t20-/m1/s1. The Bertz CT molecular complexity index is 911. The maximum atomic E-state index is 13.0. The van der Waals surface area contributed by atoms with Crippen molar-refractivity contribution in [2.24, 2.45) is 0 Å². The number of anilines is 1. The molecule has 0 bridgehead atoms. The number of hydrogen-bond donors (Lipinski definition) is 3. The Hall–Kier alpha value is -3.55. The van der Waals surface area contributed by atoms with E-state index in [0.29, 0.717) is 36.0 Å². The Kier molecular flexibility index (Phi) is 6.33. The monoisotopic (exact) mass is 397 g/mol. The van der Waals surface area contributed by atoms with Crippen LogP contribution in [0.15, 0.2) is 42.5 Å². The number of rotatable bonds is 6. The van der Waals surface area contributed by atoms with Crippen molar-refractivity contribution in [2.45, 2.75) is 19.9 Å². The third-order valence-electron chi connectivity index (χ3n) is 4.29. The number of hydrogen-bond acceptors (Lipinski definition) is 5. The molecule has 0 aliphatic carbocycles. The molecule has 3 rings (SSSR count). The zero-order valence-electron chi connectivity index (χ0n) is 16.3. The molecule has 0 saturated carbocycles. The molecule has 3 amide bonds. The first kappa shape index (κ1) is 20.2. The lowest BCUT2D eigenvalue weighted by atomic mass is 10.0. The van der Waals surface area contributed by atoms with Crippen LogP contribution in [0.5, 0.6) is 11.5 Å². The van der Waals surface area contributed by atoms with Gasteiger partial charge < -0.3 is 25.4 Å². The van der Waals surface area contributed by atoms with Gasteiger partial charge in [-0.25, -0.2) is 0 Å². The van der Waals surface area contributed by atoms with Crippen molar-refractivity contribution >= 4 is 23.4 Å². The molecule has 29 heavy (non-hydrogen) atoms. The molecule has 1 atom stereocenters. The van der Waals surface area contributed by atoms with E-state index in [0.717, 1.165) is 5.56 Å². The highest BCUT2D eigenvalue weighted by Gasteiger charge is 2.23. The molecule has 0 aromatic heterocycles. The number of amides is 3. The Balaban J connectivity index is 1.77. The Labute approximate surface area is 168 Å². The minimum atomic E-state index is -0.926. The Morgan fingerprint density at radius 2 is 1.69 bits per heavy atom. The van der Waals surface area contributed by atoms with Gasteiger partial charge in [0, 0.05) is 18.7 Å². The van der Waals surface area contributed by atoms with E-state index < -0.39 is 17.9 Å². The average molecular weight is 397 g/mol. The van der Waals surface area contributed by atoms with E-state index in [9.17, 15) is 14.4 Å². The summed E-state index contributed by atoms with van der Waals surface area (Å²) in [6.07, 6.45) is 0. The molecule has 0 unspecified atom stereocenters. The van der Waals surface area contributed by atoms with Crippen molar-refractivity contribution in [3.8, 4) is 11.5 Å². The lowest BCUT2D eigenvalue weighted by Crippen LogP contribution is -2.42. The molecule has 0 saturated heterocycles. The van der Waals surface area contributed by atoms with Crippen molar-refractivity contribution in [2.75, 3.05) is 25.1 Å². The lowest BCUT2D eigenvalue weighted by Gasteiger charge is -2.21. The summed E-state index contributed by atoms with van der Waals surface area (Å²) in [7, 11) is 0. The Morgan fingerprint density at radius 3 is 2.38 bits per heavy atom. The Morgan fingerprint density at radius 1 is 1.00 bits per heavy atom. The molecule has 0 spiro atoms. The number of fused-ring (bicyclic) bond motifs is 1. The van der Waals surface area contributed by atoms with Crippen molar-refractivity contribution < 1.29 is 23.9 Å². The van der Waals surface area contributed by atoms with Gasteiger partial charge in [-0.1, -0.05) is 29.8 Å². The van der Waals surface area contributed by atoms with E-state index in [1.165, 1.54) is 6.92 Å². The van der Waals surface area contributed by atoms with Gasteiger partial charge in [-0.2, -0.15) is 0 Å². The first-order chi connectivity index (χ1) is 13.9. The number of benzene rings is 2. The van der Waals surface area contributed by atoms with E-state index in [1.807, 2.05) is 19.1 Å². The summed E-state index contributed by atoms with van der Waals surface area (Å²) >= 11 is 0. The smallest absolute Gasteiger partial charge is 0.251 e. The van der Waals surface area contributed by atoms with Crippen LogP contribution >= 0.6 is 0 Å². The van der Waals surface area contributed by atoms with E-state index >= 15 is 0 Å². The maximum absolute atomic E-state index is 13.0. The second-order valence-corrected chi connectivity index (χ2v) is 6.67. The van der Waals surface area contributed by atoms with Crippen LogP contribution < -0.4 is 25.4 Å². The molecule has 3 N–H and O–H groups in total. The average Bonchev–Trinajstić information content (AvgIpc) is 2.71. The zero-order chi connectivity index (χ0) is 20.8. The topological polar surface area (TPSA) is 106 Å². The minimum absolute atomic E-state index is 0.213. The first-order valence-electron chi connectivity index (χ1n) is 9.23. The highest BCUT2D eigenvalue weighted by molar-refractivity contribution is 5.98. The van der Waals surface area contributed by atoms with Gasteiger partial charge in [0.1, 0.15) is 19.3 Å². The highest BCUT2D eigenvalue weighted by atomic mass is 16.6. The molecule has 2 aromatic carbocycles. The van der Waals surface area contributed by atoms with Gasteiger partial charge in [-0.3, -0.25) is 14.4 Å². The van der Waals surface area contributed by atoms with Gasteiger partial charge in [0.15, 0.2) is 11.5 Å². The van der Waals surface area contributed by atoms with Gasteiger partial charge in [0.25, 0.3) is 5.91 Å². The fourth-order valence-electron chi connectivity index (χ4n) is 2.81. The number of ether oxygens (including phenoxy) is 2. The quantitative estimate of drug-likeness (QED) is 0.688. The second-order valence-electron chi connectivity index (χ2n) is 6.67. The molecule has 1 heterocycles. The zero-order valence-corrected chi connectivity index (χ0v) is 16.3. The summed E-state index contributed by atoms with van der Waals surface area (Å²) in [5, 5.41) is 7.89. The molecule has 1 aliphatic heterocycles. The SMILES string of the molecule is CC(=O)NCC(=O)N[C@@H](C(=O)Nc1ccc2c(c1)OCCO2)c1ccc(C)cc1. The van der Waals surface area contributed by atoms with E-state index in [2.05, 4.69) is 16.0 Å². The van der Waals surface area contributed by atoms with Gasteiger partial charge >= 0.3 is 0 Å². The van der Waals surface area contributed by atoms with Crippen LogP contribution in [0.1, 0.15) is 24.1 Å². The van der Waals surface area contributed by atoms with E-state index in [1.54, 1.807) is 30.3 Å². The minimum Gasteiger partial charge on any atom is -0.486 e. The summed E-state index contributed by atoms with van der Waals surface area (Å²) < 4.78 is 11.0. The van der Waals surface area contributed by atoms with Crippen LogP contribution in [0.3, 0.4) is 0 Å². The van der Waals surface area contributed by atoms with Gasteiger partial charge in [0.05, 0.1) is 6.54 Å². The van der Waals surface area contributed by atoms with Gasteiger partial charge in [-0.05, 0) is 24.6 Å². The number of nitrogens with one attached hydrogen (secondary N) is 3. The number of carbonyl (C=O) groups excluding carboxylic acids is 3. The molecule has 8 heteroatoms. The fraction of sp³-hybridized carbons (Fsp3) is 0.286. The molecule has 0 fully saturated rings. The van der Waals surface area contributed by atoms with Crippen molar-refractivity contribution in [3.63, 3.8) is 0 Å². The summed E-state index contributed by atoms with van der Waals surface area (Å²) in [4.78, 5) is 36.2. The molecule has 8 nitrogen and oxygen atoms in total. The molecular formula is C21H23N3O5. The van der Waals surface area contributed by atoms with Crippen LogP contribution in [0.25, 0.3) is 0 Å². The normalized spacial score (nSPS) is 13.2. The van der Waals surface area contributed by atoms with E-state index in [-0.39, 0.29) is 12.5 Å². The summed E-state index contributed by atoms with van der Waals surface area (Å²) in [5.41, 5.74) is 2.18. The van der Waals surface area contributed by atoms with Crippen LogP contribution in [-0.2, 0) is 14.4 Å². The van der Waals surface area contributed by atoms with Gasteiger partial charge in [-0.15, -0.1) is 0 Å². The molecule has 2 aromatic rings. The summed E-state index contributed by atoms with van der Waals surface area (Å²) in [5.74, 6) is -0.0406. The van der Waals surface area contributed by atoms with Crippen molar-refractivity contribution in [3.05, 3.63) is 53.6 Å². The molecule has 0 radical (unpaired) electrons. The predicted octanol–water partition coefficient (Wildman–Crippen LogP) is 1.70. The number of aryl methyl sites for hydroxylation is 1. The summed E-state index contributed by atoms with van der Waals surface area (Å²) in [6, 6.07) is 11.5. The summed E-state index contributed by atoms with van der Waals surface area (Å²) in [6.45, 7) is 3.96. The third-order valence-corrected chi connectivity index (χ3v) is 4.29. The van der Waals surface area contributed by atoms with Crippen molar-refractivity contribution in [1.29, 1.82) is 0 Å². The van der Waals surface area contributed by atoms with Crippen LogP contribution in [-0.4, -0.2) is 37.5 Å². The van der Waals surface area contributed by atoms with Crippen LogP contribution in [0, 0.1) is 6.92 Å². The van der Waals surface area contributed by atoms with Crippen molar-refractivity contribution in [1.82, 2.24) is 10.6 Å². The molecule has 1 aliphatic rings. The molecular weight excluding hydrogens is 374 g/mol. The molecule has 152 valence electrons. The van der Waals surface area contributed by atoms with Gasteiger partial charge in [0.2, 0.25) is 11.8 Å². The second kappa shape index (κ2) is 9.09. The van der Waals surface area contributed by atoms with Crippen LogP contribution in [0.2, 0.25) is 0 Å².